The molecule has 0 aliphatic carbocycles. The third kappa shape index (κ3) is 1.12. The molecule has 5 aromatic rings. The molecule has 0 aliphatic heterocycles. The van der Waals surface area contributed by atoms with Gasteiger partial charge in [-0.3, -0.25) is 0 Å². The average Bonchev–Trinajstić information content (AvgIpc) is 3.04. The summed E-state index contributed by atoms with van der Waals surface area (Å²) < 4.78 is 1.96. The van der Waals surface area contributed by atoms with E-state index in [1.54, 1.807) is 0 Å². The number of aromatic amines is 1. The molecule has 20 heavy (non-hydrogen) atoms. The largest absolute Gasteiger partial charge is 0.353 e. The van der Waals surface area contributed by atoms with Gasteiger partial charge < -0.3 is 4.98 Å². The van der Waals surface area contributed by atoms with Crippen molar-refractivity contribution in [2.75, 3.05) is 0 Å². The number of rotatable bonds is 0. The van der Waals surface area contributed by atoms with Gasteiger partial charge in [0.15, 0.2) is 0 Å². The molecule has 5 rings (SSSR count). The van der Waals surface area contributed by atoms with Crippen molar-refractivity contribution in [3.63, 3.8) is 0 Å². The maximum absolute atomic E-state index is 4.63. The molecule has 3 aromatic heterocycles. The van der Waals surface area contributed by atoms with Crippen LogP contribution in [0.25, 0.3) is 38.2 Å². The molecule has 3 nitrogen and oxygen atoms in total. The van der Waals surface area contributed by atoms with Crippen LogP contribution in [0, 0.1) is 0 Å². The summed E-state index contributed by atoms with van der Waals surface area (Å²) in [5.74, 6) is 0. The molecule has 2 aromatic carbocycles. The molecule has 0 fully saturated rings. The van der Waals surface area contributed by atoms with E-state index in [0.29, 0.717) is 0 Å². The number of benzene rings is 2. The second-order valence-electron chi connectivity index (χ2n) is 5.09. The average molecular weight is 257 g/mol. The zero-order valence-electron chi connectivity index (χ0n) is 10.7. The van der Waals surface area contributed by atoms with Crippen LogP contribution >= 0.6 is 0 Å². The molecule has 0 amide bonds. The Morgan fingerprint density at radius 1 is 0.800 bits per heavy atom. The SMILES string of the molecule is c1ccc2c(c1)nn1ccc3c4ccccc4[nH]c3c21. The van der Waals surface area contributed by atoms with E-state index in [0.717, 1.165) is 16.6 Å². The van der Waals surface area contributed by atoms with Crippen molar-refractivity contribution in [2.24, 2.45) is 0 Å². The first-order chi connectivity index (χ1) is 9.92. The Hall–Kier alpha value is -2.81. The number of para-hydroxylation sites is 1. The lowest BCUT2D eigenvalue weighted by Gasteiger charge is -1.95. The van der Waals surface area contributed by atoms with Crippen LogP contribution in [0.3, 0.4) is 0 Å². The highest BCUT2D eigenvalue weighted by Gasteiger charge is 2.11. The topological polar surface area (TPSA) is 33.1 Å². The fourth-order valence-electron chi connectivity index (χ4n) is 3.08. The van der Waals surface area contributed by atoms with Crippen molar-refractivity contribution < 1.29 is 0 Å². The zero-order valence-corrected chi connectivity index (χ0v) is 10.7. The minimum absolute atomic E-state index is 1.03. The monoisotopic (exact) mass is 257 g/mol. The van der Waals surface area contributed by atoms with Gasteiger partial charge >= 0.3 is 0 Å². The minimum Gasteiger partial charge on any atom is -0.353 e. The lowest BCUT2D eigenvalue weighted by atomic mass is 10.1. The van der Waals surface area contributed by atoms with Crippen LogP contribution in [0.15, 0.2) is 60.8 Å². The van der Waals surface area contributed by atoms with Crippen molar-refractivity contribution in [1.29, 1.82) is 0 Å². The number of nitrogens with zero attached hydrogens (tertiary/aromatic N) is 2. The summed E-state index contributed by atoms with van der Waals surface area (Å²) in [6, 6.07) is 18.8. The smallest absolute Gasteiger partial charge is 0.0981 e. The van der Waals surface area contributed by atoms with Crippen molar-refractivity contribution in [3.05, 3.63) is 60.8 Å². The van der Waals surface area contributed by atoms with Gasteiger partial charge in [-0.15, -0.1) is 0 Å². The Morgan fingerprint density at radius 2 is 1.60 bits per heavy atom. The summed E-state index contributed by atoms with van der Waals surface area (Å²) >= 11 is 0. The normalized spacial score (nSPS) is 12.0. The van der Waals surface area contributed by atoms with E-state index in [1.807, 2.05) is 16.8 Å². The van der Waals surface area contributed by atoms with E-state index < -0.39 is 0 Å². The summed E-state index contributed by atoms with van der Waals surface area (Å²) in [5.41, 5.74) is 4.50. The maximum Gasteiger partial charge on any atom is 0.0981 e. The van der Waals surface area contributed by atoms with Crippen LogP contribution in [0.5, 0.6) is 0 Å². The van der Waals surface area contributed by atoms with Gasteiger partial charge in [0.25, 0.3) is 0 Å². The first kappa shape index (κ1) is 10.0. The van der Waals surface area contributed by atoms with E-state index >= 15 is 0 Å². The zero-order chi connectivity index (χ0) is 13.1. The number of nitrogens with one attached hydrogen (secondary N) is 1. The standard InChI is InChI=1S/C17H11N3/c1-3-7-14-11(5-1)12-9-10-20-17(16(12)18-14)13-6-2-4-8-15(13)19-20/h1-10,18H. The molecule has 0 spiro atoms. The minimum atomic E-state index is 1.03. The molecule has 0 bridgehead atoms. The summed E-state index contributed by atoms with van der Waals surface area (Å²) in [5, 5.41) is 8.33. The first-order valence-electron chi connectivity index (χ1n) is 6.68. The van der Waals surface area contributed by atoms with Gasteiger partial charge in [-0.1, -0.05) is 36.4 Å². The van der Waals surface area contributed by atoms with Gasteiger partial charge in [0.2, 0.25) is 0 Å². The molecule has 1 N–H and O–H groups in total. The third-order valence-electron chi connectivity index (χ3n) is 3.97. The quantitative estimate of drug-likeness (QED) is 0.444. The Labute approximate surface area is 114 Å². The van der Waals surface area contributed by atoms with Crippen molar-refractivity contribution >= 4 is 38.2 Å². The molecule has 3 heteroatoms. The van der Waals surface area contributed by atoms with Crippen LogP contribution in [-0.4, -0.2) is 14.6 Å². The van der Waals surface area contributed by atoms with Crippen LogP contribution in [0.4, 0.5) is 0 Å². The summed E-state index contributed by atoms with van der Waals surface area (Å²) in [6.07, 6.45) is 2.04. The summed E-state index contributed by atoms with van der Waals surface area (Å²) in [4.78, 5) is 3.54. The Morgan fingerprint density at radius 3 is 2.55 bits per heavy atom. The molecule has 0 unspecified atom stereocenters. The number of H-pyrrole nitrogens is 1. The number of aromatic nitrogens is 3. The highest BCUT2D eigenvalue weighted by atomic mass is 15.2. The van der Waals surface area contributed by atoms with Gasteiger partial charge in [-0.25, -0.2) is 4.52 Å². The van der Waals surface area contributed by atoms with Crippen LogP contribution in [-0.2, 0) is 0 Å². The van der Waals surface area contributed by atoms with Crippen molar-refractivity contribution in [1.82, 2.24) is 14.6 Å². The Kier molecular flexibility index (Phi) is 1.70. The molecule has 0 radical (unpaired) electrons. The van der Waals surface area contributed by atoms with Gasteiger partial charge in [0.1, 0.15) is 0 Å². The van der Waals surface area contributed by atoms with E-state index in [2.05, 4.69) is 58.6 Å². The molecule has 0 atom stereocenters. The Bertz CT molecular complexity index is 1100. The van der Waals surface area contributed by atoms with E-state index in [9.17, 15) is 0 Å². The second-order valence-corrected chi connectivity index (χ2v) is 5.09. The predicted molar refractivity (Wildman–Crippen MR) is 82.1 cm³/mol. The molecule has 3 heterocycles. The summed E-state index contributed by atoms with van der Waals surface area (Å²) in [6.45, 7) is 0. The van der Waals surface area contributed by atoms with Gasteiger partial charge in [-0.05, 0) is 18.2 Å². The number of fused-ring (bicyclic) bond motifs is 7. The highest BCUT2D eigenvalue weighted by molar-refractivity contribution is 6.16. The highest BCUT2D eigenvalue weighted by Crippen LogP contribution is 2.31. The Balaban J connectivity index is 2.14. The van der Waals surface area contributed by atoms with Crippen molar-refractivity contribution in [2.45, 2.75) is 0 Å². The summed E-state index contributed by atoms with van der Waals surface area (Å²) in [7, 11) is 0. The van der Waals surface area contributed by atoms with Crippen molar-refractivity contribution in [3.8, 4) is 0 Å². The second kappa shape index (κ2) is 3.39. The number of hydrogen-bond donors (Lipinski definition) is 1. The number of pyridine rings is 1. The number of hydrogen-bond acceptors (Lipinski definition) is 1. The molecular weight excluding hydrogens is 246 g/mol. The van der Waals surface area contributed by atoms with E-state index in [1.165, 1.54) is 21.7 Å². The van der Waals surface area contributed by atoms with Crippen LogP contribution in [0.2, 0.25) is 0 Å². The lowest BCUT2D eigenvalue weighted by Crippen LogP contribution is -1.85. The van der Waals surface area contributed by atoms with Crippen LogP contribution in [0.1, 0.15) is 0 Å². The predicted octanol–water partition coefficient (Wildman–Crippen LogP) is 4.12. The molecular formula is C17H11N3. The molecule has 94 valence electrons. The van der Waals surface area contributed by atoms with Gasteiger partial charge in [0.05, 0.1) is 16.6 Å². The lowest BCUT2D eigenvalue weighted by molar-refractivity contribution is 0.987. The molecule has 0 saturated heterocycles. The van der Waals surface area contributed by atoms with Crippen LogP contribution < -0.4 is 0 Å². The fraction of sp³-hybridized carbons (Fsp3) is 0. The van der Waals surface area contributed by atoms with E-state index in [4.69, 9.17) is 0 Å². The van der Waals surface area contributed by atoms with Gasteiger partial charge in [-0.2, -0.15) is 5.10 Å². The van der Waals surface area contributed by atoms with Gasteiger partial charge in [0, 0.05) is 27.9 Å². The first-order valence-corrected chi connectivity index (χ1v) is 6.68. The third-order valence-corrected chi connectivity index (χ3v) is 3.97. The maximum atomic E-state index is 4.63. The molecule has 0 saturated carbocycles. The molecule has 0 aliphatic rings. The van der Waals surface area contributed by atoms with E-state index in [-0.39, 0.29) is 0 Å². The fourth-order valence-corrected chi connectivity index (χ4v) is 3.08.